The van der Waals surface area contributed by atoms with Gasteiger partial charge in [0.2, 0.25) is 0 Å². The summed E-state index contributed by atoms with van der Waals surface area (Å²) in [6.07, 6.45) is 0. The number of benzene rings is 1. The summed E-state index contributed by atoms with van der Waals surface area (Å²) in [4.78, 5) is 21.0. The number of hydrogen-bond acceptors (Lipinski definition) is 4. The van der Waals surface area contributed by atoms with Crippen molar-refractivity contribution in [1.29, 1.82) is 0 Å². The van der Waals surface area contributed by atoms with Crippen LogP contribution in [0.5, 0.6) is 0 Å². The quantitative estimate of drug-likeness (QED) is 0.647. The first kappa shape index (κ1) is 10.1. The molecule has 1 aromatic carbocycles. The highest BCUT2D eigenvalue weighted by Gasteiger charge is 2.06. The smallest absolute Gasteiger partial charge is 0.323 e. The number of rotatable bonds is 2. The molecule has 0 fully saturated rings. The van der Waals surface area contributed by atoms with Crippen molar-refractivity contribution in [3.63, 3.8) is 0 Å². The number of imidazole rings is 1. The standard InChI is InChI=1S/C11H10N4OS/c1-12-9-5-17-10(15-9)6-2-3-7-8(4-6)14-11(16)13-7/h2-5,12H,1H3,(H2,13,14,16). The van der Waals surface area contributed by atoms with Gasteiger partial charge in [-0.05, 0) is 18.2 Å². The molecule has 2 aromatic heterocycles. The first-order valence-corrected chi connectivity index (χ1v) is 6.00. The van der Waals surface area contributed by atoms with Gasteiger partial charge in [0, 0.05) is 18.0 Å². The molecule has 0 radical (unpaired) electrons. The summed E-state index contributed by atoms with van der Waals surface area (Å²) in [6.45, 7) is 0. The van der Waals surface area contributed by atoms with Gasteiger partial charge in [0.05, 0.1) is 11.0 Å². The minimum absolute atomic E-state index is 0.188. The third-order valence-electron chi connectivity index (χ3n) is 2.52. The maximum atomic E-state index is 11.2. The molecular formula is C11H10N4OS. The lowest BCUT2D eigenvalue weighted by molar-refractivity contribution is 1.21. The van der Waals surface area contributed by atoms with E-state index in [0.717, 1.165) is 27.4 Å². The Morgan fingerprint density at radius 3 is 2.88 bits per heavy atom. The zero-order valence-corrected chi connectivity index (χ0v) is 9.89. The van der Waals surface area contributed by atoms with Crippen LogP contribution in [0, 0.1) is 0 Å². The fourth-order valence-corrected chi connectivity index (χ4v) is 2.49. The fourth-order valence-electron chi connectivity index (χ4n) is 1.69. The molecule has 0 saturated carbocycles. The number of nitrogens with zero attached hydrogens (tertiary/aromatic N) is 1. The van der Waals surface area contributed by atoms with Gasteiger partial charge in [0.15, 0.2) is 0 Å². The lowest BCUT2D eigenvalue weighted by Gasteiger charge is -1.96. The minimum Gasteiger partial charge on any atom is -0.372 e. The summed E-state index contributed by atoms with van der Waals surface area (Å²) in [5.41, 5.74) is 2.42. The first-order chi connectivity index (χ1) is 8.26. The van der Waals surface area contributed by atoms with Gasteiger partial charge < -0.3 is 15.3 Å². The summed E-state index contributed by atoms with van der Waals surface area (Å²) in [5.74, 6) is 0.854. The van der Waals surface area contributed by atoms with E-state index >= 15 is 0 Å². The number of anilines is 1. The predicted octanol–water partition coefficient (Wildman–Crippen LogP) is 2.02. The van der Waals surface area contributed by atoms with Crippen molar-refractivity contribution in [3.05, 3.63) is 34.1 Å². The van der Waals surface area contributed by atoms with Gasteiger partial charge in [-0.2, -0.15) is 0 Å². The molecule has 86 valence electrons. The first-order valence-electron chi connectivity index (χ1n) is 5.12. The van der Waals surface area contributed by atoms with Gasteiger partial charge in [-0.15, -0.1) is 11.3 Å². The van der Waals surface area contributed by atoms with Crippen LogP contribution in [-0.4, -0.2) is 22.0 Å². The molecular weight excluding hydrogens is 236 g/mol. The van der Waals surface area contributed by atoms with Crippen molar-refractivity contribution in [1.82, 2.24) is 15.0 Å². The average Bonchev–Trinajstić information content (AvgIpc) is 2.92. The number of H-pyrrole nitrogens is 2. The minimum atomic E-state index is -0.188. The molecule has 0 amide bonds. The van der Waals surface area contributed by atoms with Crippen LogP contribution in [-0.2, 0) is 0 Å². The summed E-state index contributed by atoms with van der Waals surface area (Å²) in [6, 6.07) is 5.75. The highest BCUT2D eigenvalue weighted by molar-refractivity contribution is 7.13. The number of hydrogen-bond donors (Lipinski definition) is 3. The van der Waals surface area contributed by atoms with E-state index < -0.39 is 0 Å². The molecule has 0 bridgehead atoms. The van der Waals surface area contributed by atoms with Gasteiger partial charge in [0.1, 0.15) is 10.8 Å². The third kappa shape index (κ3) is 1.72. The van der Waals surface area contributed by atoms with Crippen molar-refractivity contribution >= 4 is 28.2 Å². The molecule has 5 nitrogen and oxygen atoms in total. The Kier molecular flexibility index (Phi) is 2.22. The second kappa shape index (κ2) is 3.74. The van der Waals surface area contributed by atoms with E-state index in [-0.39, 0.29) is 5.69 Å². The van der Waals surface area contributed by atoms with Crippen molar-refractivity contribution in [2.75, 3.05) is 12.4 Å². The van der Waals surface area contributed by atoms with E-state index in [2.05, 4.69) is 20.3 Å². The molecule has 0 atom stereocenters. The molecule has 0 spiro atoms. The van der Waals surface area contributed by atoms with Crippen LogP contribution in [0.15, 0.2) is 28.4 Å². The second-order valence-corrected chi connectivity index (χ2v) is 4.49. The predicted molar refractivity (Wildman–Crippen MR) is 69.6 cm³/mol. The number of nitrogens with one attached hydrogen (secondary N) is 3. The number of aromatic nitrogens is 3. The van der Waals surface area contributed by atoms with E-state index in [0.29, 0.717) is 0 Å². The Morgan fingerprint density at radius 1 is 1.29 bits per heavy atom. The van der Waals surface area contributed by atoms with Gasteiger partial charge >= 0.3 is 5.69 Å². The van der Waals surface area contributed by atoms with Crippen LogP contribution in [0.1, 0.15) is 0 Å². The van der Waals surface area contributed by atoms with E-state index in [1.165, 1.54) is 0 Å². The Morgan fingerprint density at radius 2 is 2.12 bits per heavy atom. The normalized spacial score (nSPS) is 10.9. The largest absolute Gasteiger partial charge is 0.372 e. The maximum Gasteiger partial charge on any atom is 0.323 e. The van der Waals surface area contributed by atoms with Crippen molar-refractivity contribution in [3.8, 4) is 10.6 Å². The zero-order chi connectivity index (χ0) is 11.8. The lowest BCUT2D eigenvalue weighted by atomic mass is 10.2. The molecule has 3 N–H and O–H groups in total. The third-order valence-corrected chi connectivity index (χ3v) is 3.41. The second-order valence-electron chi connectivity index (χ2n) is 3.63. The maximum absolute atomic E-state index is 11.2. The highest BCUT2D eigenvalue weighted by atomic mass is 32.1. The van der Waals surface area contributed by atoms with E-state index in [9.17, 15) is 4.79 Å². The monoisotopic (exact) mass is 246 g/mol. The highest BCUT2D eigenvalue weighted by Crippen LogP contribution is 2.27. The van der Waals surface area contributed by atoms with Crippen LogP contribution >= 0.6 is 11.3 Å². The Bertz CT molecular complexity index is 724. The van der Waals surface area contributed by atoms with Crippen LogP contribution in [0.2, 0.25) is 0 Å². The molecule has 0 unspecified atom stereocenters. The van der Waals surface area contributed by atoms with Crippen molar-refractivity contribution in [2.24, 2.45) is 0 Å². The van der Waals surface area contributed by atoms with Crippen LogP contribution < -0.4 is 11.0 Å². The Labute approximate surface area is 101 Å². The van der Waals surface area contributed by atoms with Crippen LogP contribution in [0.4, 0.5) is 5.82 Å². The summed E-state index contributed by atoms with van der Waals surface area (Å²) >= 11 is 1.57. The lowest BCUT2D eigenvalue weighted by Crippen LogP contribution is -1.99. The van der Waals surface area contributed by atoms with Crippen LogP contribution in [0.25, 0.3) is 21.6 Å². The Balaban J connectivity index is 2.13. The van der Waals surface area contributed by atoms with Gasteiger partial charge in [0.25, 0.3) is 0 Å². The van der Waals surface area contributed by atoms with Crippen molar-refractivity contribution in [2.45, 2.75) is 0 Å². The molecule has 0 aliphatic carbocycles. The Hall–Kier alpha value is -2.08. The topological polar surface area (TPSA) is 73.6 Å². The van der Waals surface area contributed by atoms with Gasteiger partial charge in [-0.25, -0.2) is 9.78 Å². The molecule has 2 heterocycles. The molecule has 17 heavy (non-hydrogen) atoms. The average molecular weight is 246 g/mol. The fraction of sp³-hybridized carbons (Fsp3) is 0.0909. The molecule has 6 heteroatoms. The van der Waals surface area contributed by atoms with Crippen molar-refractivity contribution < 1.29 is 0 Å². The van der Waals surface area contributed by atoms with Gasteiger partial charge in [-0.3, -0.25) is 0 Å². The molecule has 3 aromatic rings. The van der Waals surface area contributed by atoms with E-state index in [1.807, 2.05) is 30.6 Å². The SMILES string of the molecule is CNc1csc(-c2ccc3[nH]c(=O)[nH]c3c2)n1. The van der Waals surface area contributed by atoms with E-state index in [4.69, 9.17) is 0 Å². The number of aromatic amines is 2. The van der Waals surface area contributed by atoms with Crippen LogP contribution in [0.3, 0.4) is 0 Å². The van der Waals surface area contributed by atoms with Gasteiger partial charge in [-0.1, -0.05) is 0 Å². The molecule has 0 saturated heterocycles. The zero-order valence-electron chi connectivity index (χ0n) is 9.07. The molecule has 0 aliphatic heterocycles. The summed E-state index contributed by atoms with van der Waals surface area (Å²) in [5, 5.41) is 5.88. The molecule has 3 rings (SSSR count). The van der Waals surface area contributed by atoms with E-state index in [1.54, 1.807) is 11.3 Å². The summed E-state index contributed by atoms with van der Waals surface area (Å²) < 4.78 is 0. The molecule has 0 aliphatic rings. The number of fused-ring (bicyclic) bond motifs is 1. The summed E-state index contributed by atoms with van der Waals surface area (Å²) in [7, 11) is 1.84. The number of thiazole rings is 1.